The highest BCUT2D eigenvalue weighted by Crippen LogP contribution is 2.24. The predicted molar refractivity (Wildman–Crippen MR) is 110 cm³/mol. The molecule has 1 aromatic carbocycles. The van der Waals surface area contributed by atoms with Crippen molar-refractivity contribution < 1.29 is 17.9 Å². The van der Waals surface area contributed by atoms with E-state index in [2.05, 4.69) is 5.32 Å². The van der Waals surface area contributed by atoms with E-state index in [1.54, 1.807) is 17.5 Å². The van der Waals surface area contributed by atoms with Crippen molar-refractivity contribution >= 4 is 27.3 Å². The average Bonchev–Trinajstić information content (AvgIpc) is 3.23. The highest BCUT2D eigenvalue weighted by molar-refractivity contribution is 7.91. The van der Waals surface area contributed by atoms with Crippen molar-refractivity contribution in [1.29, 1.82) is 0 Å². The Labute approximate surface area is 170 Å². The number of hydrogen-bond donors (Lipinski definition) is 1. The van der Waals surface area contributed by atoms with E-state index in [9.17, 15) is 13.2 Å². The second kappa shape index (κ2) is 9.54. The first kappa shape index (κ1) is 20.8. The van der Waals surface area contributed by atoms with Gasteiger partial charge in [-0.3, -0.25) is 4.79 Å². The quantitative estimate of drug-likeness (QED) is 0.663. The summed E-state index contributed by atoms with van der Waals surface area (Å²) in [4.78, 5) is 12.1. The molecule has 152 valence electrons. The number of thiophene rings is 1. The van der Waals surface area contributed by atoms with Crippen molar-refractivity contribution in [2.24, 2.45) is 0 Å². The van der Waals surface area contributed by atoms with Crippen LogP contribution < -0.4 is 10.1 Å². The number of ether oxygens (including phenoxy) is 1. The lowest BCUT2D eigenvalue weighted by Gasteiger charge is -2.31. The van der Waals surface area contributed by atoms with Gasteiger partial charge in [-0.15, -0.1) is 11.3 Å². The van der Waals surface area contributed by atoms with Crippen LogP contribution >= 0.6 is 11.3 Å². The number of benzene rings is 1. The van der Waals surface area contributed by atoms with Crippen molar-refractivity contribution in [2.75, 3.05) is 19.7 Å². The highest BCUT2D eigenvalue weighted by Gasteiger charge is 2.30. The molecule has 2 aromatic rings. The number of carbonyl (C=O) groups is 1. The molecule has 0 aliphatic carbocycles. The van der Waals surface area contributed by atoms with Crippen molar-refractivity contribution in [1.82, 2.24) is 9.62 Å². The predicted octanol–water partition coefficient (Wildman–Crippen LogP) is 3.19. The molecule has 0 spiro atoms. The van der Waals surface area contributed by atoms with Crippen LogP contribution in [0.3, 0.4) is 0 Å². The van der Waals surface area contributed by atoms with Gasteiger partial charge < -0.3 is 10.1 Å². The van der Waals surface area contributed by atoms with Crippen LogP contribution in [0, 0.1) is 6.92 Å². The number of nitrogens with one attached hydrogen (secondary N) is 1. The van der Waals surface area contributed by atoms with E-state index in [1.807, 2.05) is 31.2 Å². The Morgan fingerprint density at radius 3 is 2.57 bits per heavy atom. The first-order valence-corrected chi connectivity index (χ1v) is 11.8. The van der Waals surface area contributed by atoms with Crippen molar-refractivity contribution in [2.45, 2.75) is 42.9 Å². The van der Waals surface area contributed by atoms with E-state index in [0.717, 1.165) is 5.75 Å². The summed E-state index contributed by atoms with van der Waals surface area (Å²) in [5.41, 5.74) is 1.18. The Bertz CT molecular complexity index is 856. The molecule has 1 saturated heterocycles. The fourth-order valence-electron chi connectivity index (χ4n) is 3.14. The molecule has 0 bridgehead atoms. The van der Waals surface area contributed by atoms with Gasteiger partial charge in [0.05, 0.1) is 6.61 Å². The van der Waals surface area contributed by atoms with Crippen molar-refractivity contribution in [3.8, 4) is 5.75 Å². The summed E-state index contributed by atoms with van der Waals surface area (Å²) in [6.07, 6.45) is 2.32. The standard InChI is InChI=1S/C20H26N2O4S2/c1-16-6-8-18(9-7-16)26-14-2-4-19(23)21-17-10-12-22(13-11-17)28(24,25)20-5-3-15-27-20/h3,5-9,15,17H,2,4,10-14H2,1H3,(H,21,23). The first-order chi connectivity index (χ1) is 13.4. The third kappa shape index (κ3) is 5.56. The van der Waals surface area contributed by atoms with Gasteiger partial charge in [-0.2, -0.15) is 4.31 Å². The molecule has 0 radical (unpaired) electrons. The van der Waals surface area contributed by atoms with Gasteiger partial charge in [0, 0.05) is 25.6 Å². The Morgan fingerprint density at radius 1 is 1.21 bits per heavy atom. The SMILES string of the molecule is Cc1ccc(OCCCC(=O)NC2CCN(S(=O)(=O)c3cccs3)CC2)cc1. The molecule has 0 unspecified atom stereocenters. The van der Waals surface area contributed by atoms with Crippen LogP contribution in [-0.4, -0.2) is 44.4 Å². The average molecular weight is 423 g/mol. The third-order valence-corrected chi connectivity index (χ3v) is 8.02. The minimum absolute atomic E-state index is 0.00734. The van der Waals surface area contributed by atoms with Crippen LogP contribution in [0.25, 0.3) is 0 Å². The van der Waals surface area contributed by atoms with Gasteiger partial charge in [0.2, 0.25) is 5.91 Å². The molecule has 1 fully saturated rings. The molecule has 1 aliphatic rings. The van der Waals surface area contributed by atoms with Crippen molar-refractivity contribution in [3.05, 3.63) is 47.3 Å². The lowest BCUT2D eigenvalue weighted by molar-refractivity contribution is -0.122. The summed E-state index contributed by atoms with van der Waals surface area (Å²) in [7, 11) is -3.39. The highest BCUT2D eigenvalue weighted by atomic mass is 32.2. The van der Waals surface area contributed by atoms with Crippen molar-refractivity contribution in [3.63, 3.8) is 0 Å². The second-order valence-corrected chi connectivity index (χ2v) is 10.1. The minimum atomic E-state index is -3.39. The zero-order chi connectivity index (χ0) is 20.0. The fraction of sp³-hybridized carbons (Fsp3) is 0.450. The van der Waals surface area contributed by atoms with Crippen LogP contribution in [0.5, 0.6) is 5.75 Å². The van der Waals surface area contributed by atoms with E-state index in [-0.39, 0.29) is 11.9 Å². The Hall–Kier alpha value is -1.90. The summed E-state index contributed by atoms with van der Waals surface area (Å²) >= 11 is 1.23. The maximum atomic E-state index is 12.5. The maximum Gasteiger partial charge on any atom is 0.252 e. The van der Waals surface area contributed by atoms with Gasteiger partial charge in [0.15, 0.2) is 0 Å². The molecule has 1 aromatic heterocycles. The first-order valence-electron chi connectivity index (χ1n) is 9.47. The monoisotopic (exact) mass is 422 g/mol. The molecule has 8 heteroatoms. The molecular formula is C20H26N2O4S2. The van der Waals surface area contributed by atoms with Gasteiger partial charge in [0.25, 0.3) is 10.0 Å². The van der Waals surface area contributed by atoms with E-state index >= 15 is 0 Å². The topological polar surface area (TPSA) is 75.7 Å². The maximum absolute atomic E-state index is 12.5. The second-order valence-electron chi connectivity index (χ2n) is 6.94. The normalized spacial score (nSPS) is 16.0. The fourth-order valence-corrected chi connectivity index (χ4v) is 5.75. The molecule has 1 N–H and O–H groups in total. The smallest absolute Gasteiger partial charge is 0.252 e. The number of nitrogens with zero attached hydrogens (tertiary/aromatic N) is 1. The zero-order valence-electron chi connectivity index (χ0n) is 16.0. The molecule has 28 heavy (non-hydrogen) atoms. The Kier molecular flexibility index (Phi) is 7.09. The number of aryl methyl sites for hydroxylation is 1. The zero-order valence-corrected chi connectivity index (χ0v) is 17.6. The van der Waals surface area contributed by atoms with Gasteiger partial charge >= 0.3 is 0 Å². The lowest BCUT2D eigenvalue weighted by Crippen LogP contribution is -2.46. The third-order valence-electron chi connectivity index (χ3n) is 4.75. The number of carbonyl (C=O) groups excluding carboxylic acids is 1. The number of rotatable bonds is 8. The summed E-state index contributed by atoms with van der Waals surface area (Å²) in [6, 6.07) is 11.2. The summed E-state index contributed by atoms with van der Waals surface area (Å²) < 4.78 is 32.6. The molecule has 0 atom stereocenters. The van der Waals surface area contributed by atoms with E-state index in [4.69, 9.17) is 4.74 Å². The van der Waals surface area contributed by atoms with Gasteiger partial charge in [0.1, 0.15) is 9.96 Å². The Balaban J connectivity index is 1.35. The minimum Gasteiger partial charge on any atom is -0.494 e. The lowest BCUT2D eigenvalue weighted by atomic mass is 10.1. The van der Waals surface area contributed by atoms with Gasteiger partial charge in [-0.1, -0.05) is 23.8 Å². The van der Waals surface area contributed by atoms with Crippen LogP contribution in [0.15, 0.2) is 46.0 Å². The summed E-state index contributed by atoms with van der Waals surface area (Å²) in [5.74, 6) is 0.803. The number of amides is 1. The largest absolute Gasteiger partial charge is 0.494 e. The Morgan fingerprint density at radius 2 is 1.93 bits per heavy atom. The number of piperidine rings is 1. The molecule has 6 nitrogen and oxygen atoms in total. The summed E-state index contributed by atoms with van der Waals surface area (Å²) in [5, 5.41) is 4.78. The van der Waals surface area contributed by atoms with Gasteiger partial charge in [-0.05, 0) is 49.8 Å². The molecular weight excluding hydrogens is 396 g/mol. The molecule has 1 aliphatic heterocycles. The summed E-state index contributed by atoms with van der Waals surface area (Å²) in [6.45, 7) is 3.38. The molecule has 2 heterocycles. The number of hydrogen-bond acceptors (Lipinski definition) is 5. The number of sulfonamides is 1. The van der Waals surface area contributed by atoms with Crippen LogP contribution in [0.1, 0.15) is 31.2 Å². The van der Waals surface area contributed by atoms with E-state index < -0.39 is 10.0 Å². The molecule has 3 rings (SSSR count). The molecule has 0 saturated carbocycles. The molecule has 1 amide bonds. The van der Waals surface area contributed by atoms with Gasteiger partial charge in [-0.25, -0.2) is 8.42 Å². The van der Waals surface area contributed by atoms with Crippen LogP contribution in [0.4, 0.5) is 0 Å². The van der Waals surface area contributed by atoms with E-state index in [1.165, 1.54) is 21.2 Å². The van der Waals surface area contributed by atoms with Crippen LogP contribution in [0.2, 0.25) is 0 Å². The van der Waals surface area contributed by atoms with Crippen LogP contribution in [-0.2, 0) is 14.8 Å². The van der Waals surface area contributed by atoms with E-state index in [0.29, 0.717) is 49.6 Å².